The van der Waals surface area contributed by atoms with E-state index in [1.807, 2.05) is 18.0 Å². The molecule has 2 N–H and O–H groups in total. The number of methoxy groups -OCH3 is 1. The number of piperazine rings is 1. The lowest BCUT2D eigenvalue weighted by Gasteiger charge is -2.35. The number of hydrogen-bond donors (Lipinski definition) is 2. The van der Waals surface area contributed by atoms with Gasteiger partial charge in [-0.1, -0.05) is 24.3 Å². The molecule has 1 aliphatic heterocycles. The van der Waals surface area contributed by atoms with Gasteiger partial charge in [-0.15, -0.1) is 0 Å². The third-order valence-corrected chi connectivity index (χ3v) is 6.92. The molecule has 5 rings (SSSR count). The van der Waals surface area contributed by atoms with Gasteiger partial charge < -0.3 is 24.8 Å². The van der Waals surface area contributed by atoms with Crippen LogP contribution in [0.4, 0.5) is 11.4 Å². The quantitative estimate of drug-likeness (QED) is 0.434. The van der Waals surface area contributed by atoms with Crippen LogP contribution < -0.4 is 15.0 Å². The van der Waals surface area contributed by atoms with E-state index >= 15 is 0 Å². The van der Waals surface area contributed by atoms with Crippen molar-refractivity contribution in [3.05, 3.63) is 60.3 Å². The molecule has 1 amide bonds. The molecular formula is C28H31N5O2. The van der Waals surface area contributed by atoms with Crippen molar-refractivity contribution in [1.82, 2.24) is 14.9 Å². The Morgan fingerprint density at radius 1 is 1.03 bits per heavy atom. The molecular weight excluding hydrogens is 438 g/mol. The van der Waals surface area contributed by atoms with Crippen molar-refractivity contribution >= 4 is 28.3 Å². The van der Waals surface area contributed by atoms with Gasteiger partial charge in [0.05, 0.1) is 18.2 Å². The molecule has 0 unspecified atom stereocenters. The van der Waals surface area contributed by atoms with Crippen molar-refractivity contribution in [2.24, 2.45) is 0 Å². The number of ether oxygens (including phenoxy) is 1. The van der Waals surface area contributed by atoms with Crippen molar-refractivity contribution in [3.63, 3.8) is 0 Å². The van der Waals surface area contributed by atoms with Crippen LogP contribution in [0.5, 0.6) is 5.75 Å². The highest BCUT2D eigenvalue weighted by Gasteiger charge is 2.21. The van der Waals surface area contributed by atoms with Gasteiger partial charge in [-0.3, -0.25) is 4.79 Å². The molecule has 1 aliphatic rings. The molecule has 3 heterocycles. The number of aromatic amines is 1. The Morgan fingerprint density at radius 3 is 2.40 bits per heavy atom. The van der Waals surface area contributed by atoms with Gasteiger partial charge in [0.15, 0.2) is 0 Å². The van der Waals surface area contributed by atoms with Crippen molar-refractivity contribution in [2.75, 3.05) is 50.6 Å². The van der Waals surface area contributed by atoms with Crippen LogP contribution in [-0.4, -0.2) is 61.1 Å². The summed E-state index contributed by atoms with van der Waals surface area (Å²) in [6.07, 6.45) is 1.77. The first-order chi connectivity index (χ1) is 17.0. The number of carbonyl (C=O) groups excluding carboxylic acids is 1. The van der Waals surface area contributed by atoms with Crippen LogP contribution >= 0.6 is 0 Å². The highest BCUT2D eigenvalue weighted by Crippen LogP contribution is 2.43. The maximum absolute atomic E-state index is 11.7. The number of rotatable bonds is 5. The van der Waals surface area contributed by atoms with Gasteiger partial charge in [0.1, 0.15) is 11.4 Å². The molecule has 1 fully saturated rings. The second-order valence-electron chi connectivity index (χ2n) is 8.93. The van der Waals surface area contributed by atoms with Crippen molar-refractivity contribution in [2.45, 2.75) is 13.8 Å². The maximum Gasteiger partial charge on any atom is 0.219 e. The summed E-state index contributed by atoms with van der Waals surface area (Å²) in [6.45, 7) is 6.94. The molecule has 1 saturated heterocycles. The van der Waals surface area contributed by atoms with E-state index < -0.39 is 0 Å². The Bertz CT molecular complexity index is 1370. The summed E-state index contributed by atoms with van der Waals surface area (Å²) < 4.78 is 5.73. The number of aromatic nitrogens is 2. The average molecular weight is 470 g/mol. The van der Waals surface area contributed by atoms with Gasteiger partial charge in [0.25, 0.3) is 0 Å². The highest BCUT2D eigenvalue weighted by molar-refractivity contribution is 6.06. The number of H-pyrrole nitrogens is 1. The molecule has 0 atom stereocenters. The van der Waals surface area contributed by atoms with Crippen LogP contribution in [0.15, 0.2) is 54.7 Å². The summed E-state index contributed by atoms with van der Waals surface area (Å²) in [4.78, 5) is 24.1. The fourth-order valence-corrected chi connectivity index (χ4v) is 4.93. The van der Waals surface area contributed by atoms with Gasteiger partial charge in [0.2, 0.25) is 5.91 Å². The fraction of sp³-hybridized carbons (Fsp3) is 0.286. The number of amides is 1. The zero-order valence-electron chi connectivity index (χ0n) is 20.7. The van der Waals surface area contributed by atoms with Gasteiger partial charge in [0, 0.05) is 63.3 Å². The lowest BCUT2D eigenvalue weighted by atomic mass is 9.96. The molecule has 180 valence electrons. The number of anilines is 2. The Kier molecular flexibility index (Phi) is 6.07. The second kappa shape index (κ2) is 9.33. The lowest BCUT2D eigenvalue weighted by molar-refractivity contribution is -0.129. The first-order valence-electron chi connectivity index (χ1n) is 11.9. The predicted octanol–water partition coefficient (Wildman–Crippen LogP) is 4.92. The molecule has 0 bridgehead atoms. The summed E-state index contributed by atoms with van der Waals surface area (Å²) in [7, 11) is 3.64. The third kappa shape index (κ3) is 4.18. The molecule has 4 aromatic rings. The smallest absolute Gasteiger partial charge is 0.219 e. The largest absolute Gasteiger partial charge is 0.496 e. The maximum atomic E-state index is 11.7. The number of nitrogens with zero attached hydrogens (tertiary/aromatic N) is 3. The van der Waals surface area contributed by atoms with Crippen LogP contribution in [0.2, 0.25) is 0 Å². The summed E-state index contributed by atoms with van der Waals surface area (Å²) in [5, 5.41) is 4.27. The molecule has 35 heavy (non-hydrogen) atoms. The molecule has 0 saturated carbocycles. The number of fused-ring (bicyclic) bond motifs is 1. The van der Waals surface area contributed by atoms with E-state index in [1.54, 1.807) is 20.2 Å². The van der Waals surface area contributed by atoms with Gasteiger partial charge in [-0.05, 0) is 47.9 Å². The molecule has 7 heteroatoms. The second-order valence-corrected chi connectivity index (χ2v) is 8.93. The molecule has 2 aromatic carbocycles. The summed E-state index contributed by atoms with van der Waals surface area (Å²) in [5.74, 6) is 0.937. The van der Waals surface area contributed by atoms with Crippen molar-refractivity contribution < 1.29 is 9.53 Å². The zero-order valence-corrected chi connectivity index (χ0v) is 20.7. The average Bonchev–Trinajstić information content (AvgIpc) is 3.29. The normalized spacial score (nSPS) is 13.8. The SMILES string of the molecule is CNc1cc(-c2c(-c3ccc(N4CCN(C(C)=O)CC4)cc3)[nH]c3nccc(OC)c23)ccc1C. The van der Waals surface area contributed by atoms with E-state index in [9.17, 15) is 4.79 Å². The van der Waals surface area contributed by atoms with Gasteiger partial charge in [-0.2, -0.15) is 0 Å². The molecule has 0 spiro atoms. The zero-order chi connectivity index (χ0) is 24.5. The molecule has 2 aromatic heterocycles. The summed E-state index contributed by atoms with van der Waals surface area (Å²) in [6, 6.07) is 17.0. The van der Waals surface area contributed by atoms with E-state index in [0.717, 1.165) is 76.7 Å². The van der Waals surface area contributed by atoms with Crippen LogP contribution in [0.25, 0.3) is 33.4 Å². The summed E-state index contributed by atoms with van der Waals surface area (Å²) in [5.41, 5.74) is 8.50. The van der Waals surface area contributed by atoms with Gasteiger partial charge >= 0.3 is 0 Å². The third-order valence-electron chi connectivity index (χ3n) is 6.92. The van der Waals surface area contributed by atoms with E-state index in [0.29, 0.717) is 0 Å². The molecule has 0 radical (unpaired) electrons. The number of aryl methyl sites for hydroxylation is 1. The Labute approximate surface area is 205 Å². The number of nitrogens with one attached hydrogen (secondary N) is 2. The van der Waals surface area contributed by atoms with Crippen molar-refractivity contribution in [1.29, 1.82) is 0 Å². The first-order valence-corrected chi connectivity index (χ1v) is 11.9. The molecule has 7 nitrogen and oxygen atoms in total. The van der Waals surface area contributed by atoms with E-state index in [4.69, 9.17) is 4.74 Å². The highest BCUT2D eigenvalue weighted by atomic mass is 16.5. The van der Waals surface area contributed by atoms with Crippen LogP contribution in [0, 0.1) is 6.92 Å². The number of benzene rings is 2. The van der Waals surface area contributed by atoms with Gasteiger partial charge in [-0.25, -0.2) is 4.98 Å². The Hall–Kier alpha value is -4.00. The minimum Gasteiger partial charge on any atom is -0.496 e. The standard InChI is InChI=1S/C28H31N5O2/c1-18-5-6-21(17-23(18)29-3)25-26-24(35-4)11-12-30-28(26)31-27(25)20-7-9-22(10-8-20)33-15-13-32(14-16-33)19(2)34/h5-12,17,29H,13-16H2,1-4H3,(H,30,31). The minimum absolute atomic E-state index is 0.146. The van der Waals surface area contributed by atoms with Crippen molar-refractivity contribution in [3.8, 4) is 28.1 Å². The van der Waals surface area contributed by atoms with E-state index in [2.05, 4.69) is 69.6 Å². The molecule has 0 aliphatic carbocycles. The van der Waals surface area contributed by atoms with Crippen LogP contribution in [0.1, 0.15) is 12.5 Å². The Morgan fingerprint density at radius 2 is 1.74 bits per heavy atom. The monoisotopic (exact) mass is 469 g/mol. The van der Waals surface area contributed by atoms with Crippen LogP contribution in [0.3, 0.4) is 0 Å². The van der Waals surface area contributed by atoms with Crippen LogP contribution in [-0.2, 0) is 4.79 Å². The topological polar surface area (TPSA) is 73.5 Å². The minimum atomic E-state index is 0.146. The van der Waals surface area contributed by atoms with E-state index in [-0.39, 0.29) is 5.91 Å². The fourth-order valence-electron chi connectivity index (χ4n) is 4.93. The number of pyridine rings is 1. The first kappa shape index (κ1) is 22.8. The predicted molar refractivity (Wildman–Crippen MR) is 142 cm³/mol. The van der Waals surface area contributed by atoms with E-state index in [1.165, 1.54) is 5.56 Å². The number of carbonyl (C=O) groups is 1. The lowest BCUT2D eigenvalue weighted by Crippen LogP contribution is -2.48. The summed E-state index contributed by atoms with van der Waals surface area (Å²) >= 11 is 0. The number of hydrogen-bond acceptors (Lipinski definition) is 5. The Balaban J connectivity index is 1.57.